The zero-order valence-corrected chi connectivity index (χ0v) is 23.2. The van der Waals surface area contributed by atoms with Crippen LogP contribution in [0.25, 0.3) is 11.1 Å². The number of nitrogens with zero attached hydrogens (tertiary/aromatic N) is 2. The summed E-state index contributed by atoms with van der Waals surface area (Å²) >= 11 is 0. The van der Waals surface area contributed by atoms with Crippen molar-refractivity contribution in [3.63, 3.8) is 0 Å². The molecule has 1 aliphatic rings. The lowest BCUT2D eigenvalue weighted by Crippen LogP contribution is -2.50. The quantitative estimate of drug-likeness (QED) is 0.472. The standard InChI is InChI=1S/C29H33FN2O6S/c1-19-16-32(20(2)18-33)39(35,36)28-14-11-22(21-9-12-23(37-4)13-10-21)15-26(28)38-27(19)17-31(3)29(34)24-7-5-6-8-25(24)30/h5-15,19-20,27,33H,16-18H2,1-4H3/t19-,20+,27-/m1/s1. The number of aliphatic hydroxyl groups excluding tert-OH is 1. The molecule has 1 aliphatic heterocycles. The number of benzene rings is 3. The number of aliphatic hydroxyl groups is 1. The summed E-state index contributed by atoms with van der Waals surface area (Å²) in [7, 11) is -0.880. The molecule has 0 spiro atoms. The molecule has 8 nitrogen and oxygen atoms in total. The highest BCUT2D eigenvalue weighted by Crippen LogP contribution is 2.37. The highest BCUT2D eigenvalue weighted by molar-refractivity contribution is 7.89. The summed E-state index contributed by atoms with van der Waals surface area (Å²) in [6.45, 7) is 3.26. The second-order valence-corrected chi connectivity index (χ2v) is 11.7. The summed E-state index contributed by atoms with van der Waals surface area (Å²) in [6.07, 6.45) is -0.625. The molecule has 0 aliphatic carbocycles. The fraction of sp³-hybridized carbons (Fsp3) is 0.345. The summed E-state index contributed by atoms with van der Waals surface area (Å²) in [5.41, 5.74) is 1.51. The van der Waals surface area contributed by atoms with E-state index in [0.717, 1.165) is 11.1 Å². The van der Waals surface area contributed by atoms with E-state index >= 15 is 0 Å². The average Bonchev–Trinajstić information content (AvgIpc) is 2.94. The van der Waals surface area contributed by atoms with Gasteiger partial charge in [-0.05, 0) is 54.4 Å². The first-order valence-corrected chi connectivity index (χ1v) is 14.1. The molecule has 3 atom stereocenters. The number of rotatable bonds is 7. The maximum absolute atomic E-state index is 14.3. The summed E-state index contributed by atoms with van der Waals surface area (Å²) < 4.78 is 54.6. The van der Waals surface area contributed by atoms with Crippen LogP contribution >= 0.6 is 0 Å². The van der Waals surface area contributed by atoms with Crippen molar-refractivity contribution in [2.75, 3.05) is 33.9 Å². The Kier molecular flexibility index (Phi) is 8.58. The number of fused-ring (bicyclic) bond motifs is 1. The Bertz CT molecular complexity index is 1430. The number of carbonyl (C=O) groups is 1. The van der Waals surface area contributed by atoms with Crippen LogP contribution < -0.4 is 9.47 Å². The monoisotopic (exact) mass is 556 g/mol. The van der Waals surface area contributed by atoms with Crippen molar-refractivity contribution < 1.29 is 32.2 Å². The number of hydrogen-bond acceptors (Lipinski definition) is 6. The second kappa shape index (κ2) is 11.7. The molecular formula is C29H33FN2O6S. The summed E-state index contributed by atoms with van der Waals surface area (Å²) in [5, 5.41) is 9.85. The normalized spacial score (nSPS) is 19.6. The van der Waals surface area contributed by atoms with Crippen LogP contribution in [0.3, 0.4) is 0 Å². The number of amides is 1. The van der Waals surface area contributed by atoms with Gasteiger partial charge in [-0.25, -0.2) is 12.8 Å². The molecule has 4 rings (SSSR count). The molecule has 0 radical (unpaired) electrons. The van der Waals surface area contributed by atoms with Gasteiger partial charge in [-0.15, -0.1) is 0 Å². The van der Waals surface area contributed by atoms with E-state index in [0.29, 0.717) is 5.75 Å². The molecule has 1 N–H and O–H groups in total. The Morgan fingerprint density at radius 2 is 1.82 bits per heavy atom. The minimum absolute atomic E-state index is 0.0277. The van der Waals surface area contributed by atoms with Gasteiger partial charge in [-0.1, -0.05) is 37.3 Å². The largest absolute Gasteiger partial charge is 0.497 e. The van der Waals surface area contributed by atoms with Gasteiger partial charge in [-0.2, -0.15) is 4.31 Å². The number of sulfonamides is 1. The van der Waals surface area contributed by atoms with Crippen LogP contribution in [-0.2, 0) is 10.0 Å². The Balaban J connectivity index is 1.74. The van der Waals surface area contributed by atoms with Gasteiger partial charge in [-0.3, -0.25) is 4.79 Å². The van der Waals surface area contributed by atoms with Crippen molar-refractivity contribution in [3.8, 4) is 22.6 Å². The molecule has 1 amide bonds. The molecule has 3 aromatic rings. The zero-order chi connectivity index (χ0) is 28.3. The summed E-state index contributed by atoms with van der Waals surface area (Å²) in [5.74, 6) is -0.672. The van der Waals surface area contributed by atoms with Crippen molar-refractivity contribution in [1.82, 2.24) is 9.21 Å². The van der Waals surface area contributed by atoms with E-state index in [4.69, 9.17) is 9.47 Å². The Labute approximate surface area is 228 Å². The van der Waals surface area contributed by atoms with E-state index in [1.54, 1.807) is 39.3 Å². The molecule has 3 aromatic carbocycles. The third kappa shape index (κ3) is 5.93. The van der Waals surface area contributed by atoms with Crippen LogP contribution in [0.15, 0.2) is 71.6 Å². The zero-order valence-electron chi connectivity index (χ0n) is 22.4. The van der Waals surface area contributed by atoms with Crippen LogP contribution in [0.4, 0.5) is 4.39 Å². The third-order valence-corrected chi connectivity index (χ3v) is 9.01. The van der Waals surface area contributed by atoms with Gasteiger partial charge in [0.1, 0.15) is 28.3 Å². The molecule has 208 valence electrons. The number of carbonyl (C=O) groups excluding carboxylic acids is 1. The Hall–Kier alpha value is -3.47. The molecule has 0 saturated heterocycles. The Morgan fingerprint density at radius 3 is 2.46 bits per heavy atom. The fourth-order valence-electron chi connectivity index (χ4n) is 4.60. The van der Waals surface area contributed by atoms with Crippen LogP contribution in [0.1, 0.15) is 24.2 Å². The highest BCUT2D eigenvalue weighted by atomic mass is 32.2. The first-order chi connectivity index (χ1) is 18.6. The SMILES string of the molecule is COc1ccc(-c2ccc3c(c2)O[C@H](CN(C)C(=O)c2ccccc2F)[C@H](C)CN([C@@H](C)CO)S3(=O)=O)cc1. The van der Waals surface area contributed by atoms with Crippen LogP contribution in [0.2, 0.25) is 0 Å². The van der Waals surface area contributed by atoms with E-state index in [9.17, 15) is 22.7 Å². The predicted octanol–water partition coefficient (Wildman–Crippen LogP) is 4.04. The fourth-order valence-corrected chi connectivity index (χ4v) is 6.43. The van der Waals surface area contributed by atoms with Gasteiger partial charge >= 0.3 is 0 Å². The molecule has 10 heteroatoms. The lowest BCUT2D eigenvalue weighted by Gasteiger charge is -2.37. The number of ether oxygens (including phenoxy) is 2. The summed E-state index contributed by atoms with van der Waals surface area (Å²) in [4.78, 5) is 14.4. The van der Waals surface area contributed by atoms with E-state index < -0.39 is 33.9 Å². The number of likely N-dealkylation sites (N-methyl/N-ethyl adjacent to an activating group) is 1. The first kappa shape index (κ1) is 28.5. The van der Waals surface area contributed by atoms with Crippen LogP contribution in [0.5, 0.6) is 11.5 Å². The van der Waals surface area contributed by atoms with Crippen LogP contribution in [-0.4, -0.2) is 74.6 Å². The van der Waals surface area contributed by atoms with Gasteiger partial charge in [0.15, 0.2) is 0 Å². The van der Waals surface area contributed by atoms with Crippen molar-refractivity contribution in [1.29, 1.82) is 0 Å². The average molecular weight is 557 g/mol. The first-order valence-electron chi connectivity index (χ1n) is 12.6. The highest BCUT2D eigenvalue weighted by Gasteiger charge is 2.38. The van der Waals surface area contributed by atoms with Crippen molar-refractivity contribution in [2.24, 2.45) is 5.92 Å². The number of methoxy groups -OCH3 is 1. The van der Waals surface area contributed by atoms with Gasteiger partial charge < -0.3 is 19.5 Å². The topological polar surface area (TPSA) is 96.4 Å². The molecule has 1 heterocycles. The maximum atomic E-state index is 14.3. The van der Waals surface area contributed by atoms with Crippen LogP contribution in [0, 0.1) is 11.7 Å². The number of hydrogen-bond donors (Lipinski definition) is 1. The Morgan fingerprint density at radius 1 is 1.15 bits per heavy atom. The van der Waals surface area contributed by atoms with Gasteiger partial charge in [0.25, 0.3) is 5.91 Å². The molecule has 0 saturated carbocycles. The maximum Gasteiger partial charge on any atom is 0.256 e. The van der Waals surface area contributed by atoms with Crippen molar-refractivity contribution in [3.05, 3.63) is 78.1 Å². The smallest absolute Gasteiger partial charge is 0.256 e. The van der Waals surface area contributed by atoms with E-state index in [1.807, 2.05) is 31.2 Å². The second-order valence-electron chi connectivity index (χ2n) is 9.80. The minimum Gasteiger partial charge on any atom is -0.497 e. The van der Waals surface area contributed by atoms with Gasteiger partial charge in [0, 0.05) is 25.6 Å². The van der Waals surface area contributed by atoms with Gasteiger partial charge in [0.2, 0.25) is 10.0 Å². The third-order valence-electron chi connectivity index (χ3n) is 7.00. The molecule has 39 heavy (non-hydrogen) atoms. The molecule has 0 unspecified atom stereocenters. The lowest BCUT2D eigenvalue weighted by molar-refractivity contribution is 0.0560. The molecular weight excluding hydrogens is 523 g/mol. The molecule has 0 fully saturated rings. The van der Waals surface area contributed by atoms with Gasteiger partial charge in [0.05, 0.1) is 25.8 Å². The summed E-state index contributed by atoms with van der Waals surface area (Å²) in [6, 6.07) is 17.3. The van der Waals surface area contributed by atoms with E-state index in [-0.39, 0.29) is 41.8 Å². The lowest BCUT2D eigenvalue weighted by atomic mass is 10.0. The minimum atomic E-state index is -4.02. The van der Waals surface area contributed by atoms with E-state index in [2.05, 4.69) is 0 Å². The predicted molar refractivity (Wildman–Crippen MR) is 146 cm³/mol. The molecule has 0 bridgehead atoms. The molecule has 0 aromatic heterocycles. The van der Waals surface area contributed by atoms with Crippen molar-refractivity contribution >= 4 is 15.9 Å². The van der Waals surface area contributed by atoms with Crippen molar-refractivity contribution in [2.45, 2.75) is 30.9 Å². The van der Waals surface area contributed by atoms with E-state index in [1.165, 1.54) is 33.5 Å². The number of halogens is 1.